The Balaban J connectivity index is 2.73. The molecule has 0 saturated carbocycles. The molecule has 0 saturated heterocycles. The highest BCUT2D eigenvalue weighted by molar-refractivity contribution is 5.09. The summed E-state index contributed by atoms with van der Waals surface area (Å²) < 4.78 is 0. The largest absolute Gasteiger partial charge is 0.348 e. The quantitative estimate of drug-likeness (QED) is 0.627. The van der Waals surface area contributed by atoms with E-state index in [1.54, 1.807) is 12.5 Å². The fourth-order valence-corrected chi connectivity index (χ4v) is 0.912. The van der Waals surface area contributed by atoms with Gasteiger partial charge < -0.3 is 9.82 Å². The van der Waals surface area contributed by atoms with Gasteiger partial charge in [0.1, 0.15) is 0 Å². The first-order chi connectivity index (χ1) is 5.17. The van der Waals surface area contributed by atoms with Crippen LogP contribution in [0.5, 0.6) is 0 Å². The molecule has 0 aliphatic rings. The topological polar surface area (TPSA) is 63.9 Å². The highest BCUT2D eigenvalue weighted by atomic mass is 16.6. The lowest BCUT2D eigenvalue weighted by Gasteiger charge is -2.20. The molecule has 3 N–H and O–H groups in total. The smallest absolute Gasteiger partial charge is 0.0921 e. The van der Waals surface area contributed by atoms with Crippen molar-refractivity contribution in [1.82, 2.24) is 9.97 Å². The van der Waals surface area contributed by atoms with E-state index in [0.29, 0.717) is 6.61 Å². The molecule has 1 aromatic heterocycles. The zero-order chi connectivity index (χ0) is 8.32. The summed E-state index contributed by atoms with van der Waals surface area (Å²) in [4.78, 5) is 11.5. The fraction of sp³-hybridized carbons (Fsp3) is 0.571. The summed E-state index contributed by atoms with van der Waals surface area (Å²) in [6.07, 6.45) is 3.42. The predicted octanol–water partition coefficient (Wildman–Crippen LogP) is 0.578. The summed E-state index contributed by atoms with van der Waals surface area (Å²) in [6.45, 7) is 4.55. The molecule has 1 aromatic rings. The van der Waals surface area contributed by atoms with Crippen molar-refractivity contribution in [2.24, 2.45) is 5.90 Å². The first-order valence-electron chi connectivity index (χ1n) is 3.47. The Morgan fingerprint density at radius 3 is 2.91 bits per heavy atom. The Morgan fingerprint density at radius 2 is 2.45 bits per heavy atom. The van der Waals surface area contributed by atoms with Crippen molar-refractivity contribution < 1.29 is 4.84 Å². The van der Waals surface area contributed by atoms with Crippen LogP contribution in [0.1, 0.15) is 19.5 Å². The molecule has 4 heteroatoms. The van der Waals surface area contributed by atoms with Gasteiger partial charge in [0.15, 0.2) is 0 Å². The molecular formula is C7H13N3O. The molecule has 1 heterocycles. The molecule has 0 amide bonds. The summed E-state index contributed by atoms with van der Waals surface area (Å²) in [5, 5.41) is 0. The Kier molecular flexibility index (Phi) is 2.26. The van der Waals surface area contributed by atoms with Gasteiger partial charge in [-0.25, -0.2) is 10.9 Å². The predicted molar refractivity (Wildman–Crippen MR) is 41.8 cm³/mol. The van der Waals surface area contributed by atoms with E-state index >= 15 is 0 Å². The van der Waals surface area contributed by atoms with Crippen LogP contribution in [0, 0.1) is 0 Å². The molecule has 0 radical (unpaired) electrons. The number of aromatic nitrogens is 2. The third-order valence-electron chi connectivity index (χ3n) is 1.67. The van der Waals surface area contributed by atoms with Crippen LogP contribution in [0.3, 0.4) is 0 Å². The van der Waals surface area contributed by atoms with E-state index in [1.807, 2.05) is 13.8 Å². The second kappa shape index (κ2) is 3.02. The van der Waals surface area contributed by atoms with Gasteiger partial charge in [-0.2, -0.15) is 0 Å². The first kappa shape index (κ1) is 8.23. The zero-order valence-electron chi connectivity index (χ0n) is 6.79. The monoisotopic (exact) mass is 155 g/mol. The molecule has 0 atom stereocenters. The third-order valence-corrected chi connectivity index (χ3v) is 1.67. The van der Waals surface area contributed by atoms with Crippen molar-refractivity contribution in [3.8, 4) is 0 Å². The van der Waals surface area contributed by atoms with E-state index in [4.69, 9.17) is 5.90 Å². The van der Waals surface area contributed by atoms with Gasteiger partial charge in [0, 0.05) is 17.3 Å². The van der Waals surface area contributed by atoms with Crippen molar-refractivity contribution in [1.29, 1.82) is 0 Å². The number of nitrogens with two attached hydrogens (primary N) is 1. The van der Waals surface area contributed by atoms with Crippen LogP contribution in [0.2, 0.25) is 0 Å². The molecular weight excluding hydrogens is 142 g/mol. The second-order valence-corrected chi connectivity index (χ2v) is 3.16. The van der Waals surface area contributed by atoms with Gasteiger partial charge in [-0.05, 0) is 0 Å². The Hall–Kier alpha value is -0.870. The molecule has 0 aliphatic heterocycles. The summed E-state index contributed by atoms with van der Waals surface area (Å²) >= 11 is 0. The average molecular weight is 155 g/mol. The number of hydrogen-bond acceptors (Lipinski definition) is 3. The molecule has 0 spiro atoms. The summed E-state index contributed by atoms with van der Waals surface area (Å²) in [5.74, 6) is 4.99. The zero-order valence-corrected chi connectivity index (χ0v) is 6.79. The van der Waals surface area contributed by atoms with Crippen LogP contribution in [-0.2, 0) is 10.3 Å². The molecule has 4 nitrogen and oxygen atoms in total. The van der Waals surface area contributed by atoms with E-state index in [9.17, 15) is 0 Å². The van der Waals surface area contributed by atoms with E-state index < -0.39 is 0 Å². The lowest BCUT2D eigenvalue weighted by atomic mass is 9.91. The maximum Gasteiger partial charge on any atom is 0.0921 e. The maximum atomic E-state index is 4.99. The van der Waals surface area contributed by atoms with Gasteiger partial charge in [0.05, 0.1) is 12.9 Å². The molecule has 0 aliphatic carbocycles. The van der Waals surface area contributed by atoms with Crippen molar-refractivity contribution in [2.75, 3.05) is 6.61 Å². The van der Waals surface area contributed by atoms with Crippen LogP contribution >= 0.6 is 0 Å². The maximum absolute atomic E-state index is 4.99. The van der Waals surface area contributed by atoms with Gasteiger partial charge in [-0.15, -0.1) is 0 Å². The number of aromatic amines is 1. The summed E-state index contributed by atoms with van der Waals surface area (Å²) in [7, 11) is 0. The van der Waals surface area contributed by atoms with Crippen LogP contribution in [0.15, 0.2) is 12.5 Å². The third kappa shape index (κ3) is 1.78. The molecule has 62 valence electrons. The summed E-state index contributed by atoms with van der Waals surface area (Å²) in [6, 6.07) is 0. The van der Waals surface area contributed by atoms with Crippen molar-refractivity contribution in [3.05, 3.63) is 18.2 Å². The number of rotatable bonds is 3. The normalized spacial score (nSPS) is 11.9. The lowest BCUT2D eigenvalue weighted by molar-refractivity contribution is 0.0951. The van der Waals surface area contributed by atoms with Gasteiger partial charge in [0.2, 0.25) is 0 Å². The Bertz CT molecular complexity index is 205. The van der Waals surface area contributed by atoms with Crippen LogP contribution in [0.25, 0.3) is 0 Å². The fourth-order valence-electron chi connectivity index (χ4n) is 0.912. The van der Waals surface area contributed by atoms with E-state index in [-0.39, 0.29) is 5.41 Å². The van der Waals surface area contributed by atoms with Crippen LogP contribution < -0.4 is 5.90 Å². The molecule has 0 fully saturated rings. The van der Waals surface area contributed by atoms with Crippen molar-refractivity contribution in [3.63, 3.8) is 0 Å². The molecule has 0 unspecified atom stereocenters. The minimum absolute atomic E-state index is 0.0920. The van der Waals surface area contributed by atoms with Crippen LogP contribution in [-0.4, -0.2) is 16.6 Å². The molecule has 1 rings (SSSR count). The standard InChI is InChI=1S/C7H13N3O/c1-7(2,4-11-8)6-3-9-5-10-6/h3,5H,4,8H2,1-2H3,(H,9,10). The Morgan fingerprint density at radius 1 is 1.73 bits per heavy atom. The SMILES string of the molecule is CC(C)(CON)c1cnc[nH]1. The minimum atomic E-state index is -0.0920. The van der Waals surface area contributed by atoms with Gasteiger partial charge in [0.25, 0.3) is 0 Å². The first-order valence-corrected chi connectivity index (χ1v) is 3.47. The summed E-state index contributed by atoms with van der Waals surface area (Å²) in [5.41, 5.74) is 0.938. The number of nitrogens with zero attached hydrogens (tertiary/aromatic N) is 1. The minimum Gasteiger partial charge on any atom is -0.348 e. The van der Waals surface area contributed by atoms with Gasteiger partial charge in [-0.3, -0.25) is 0 Å². The molecule has 11 heavy (non-hydrogen) atoms. The van der Waals surface area contributed by atoms with E-state index in [1.165, 1.54) is 0 Å². The Labute approximate surface area is 65.7 Å². The van der Waals surface area contributed by atoms with Gasteiger partial charge in [-0.1, -0.05) is 13.8 Å². The molecule has 0 bridgehead atoms. The average Bonchev–Trinajstić information content (AvgIpc) is 2.37. The number of nitrogens with one attached hydrogen (secondary N) is 1. The number of H-pyrrole nitrogens is 1. The van der Waals surface area contributed by atoms with Crippen molar-refractivity contribution in [2.45, 2.75) is 19.3 Å². The van der Waals surface area contributed by atoms with E-state index in [2.05, 4.69) is 14.8 Å². The molecule has 0 aromatic carbocycles. The van der Waals surface area contributed by atoms with Gasteiger partial charge >= 0.3 is 0 Å². The number of hydrogen-bond donors (Lipinski definition) is 2. The second-order valence-electron chi connectivity index (χ2n) is 3.16. The highest BCUT2D eigenvalue weighted by Gasteiger charge is 2.21. The van der Waals surface area contributed by atoms with Crippen molar-refractivity contribution >= 4 is 0 Å². The van der Waals surface area contributed by atoms with Crippen LogP contribution in [0.4, 0.5) is 0 Å². The lowest BCUT2D eigenvalue weighted by Crippen LogP contribution is -2.26. The van der Waals surface area contributed by atoms with E-state index in [0.717, 1.165) is 5.69 Å². The highest BCUT2D eigenvalue weighted by Crippen LogP contribution is 2.19. The number of imidazole rings is 1.